The Hall–Kier alpha value is -1.79. The van der Waals surface area contributed by atoms with Crippen LogP contribution < -0.4 is 5.73 Å². The Balaban J connectivity index is 2.73. The molecule has 3 nitrogen and oxygen atoms in total. The Morgan fingerprint density at radius 3 is 2.50 bits per heavy atom. The van der Waals surface area contributed by atoms with Crippen molar-refractivity contribution in [2.75, 3.05) is 6.54 Å². The van der Waals surface area contributed by atoms with Gasteiger partial charge in [0.15, 0.2) is 0 Å². The van der Waals surface area contributed by atoms with Crippen molar-refractivity contribution in [3.63, 3.8) is 0 Å². The highest BCUT2D eigenvalue weighted by atomic mass is 16.4. The van der Waals surface area contributed by atoms with E-state index in [4.69, 9.17) is 10.8 Å². The second-order valence-electron chi connectivity index (χ2n) is 2.77. The van der Waals surface area contributed by atoms with Crippen LogP contribution in [-0.2, 0) is 11.2 Å². The lowest BCUT2D eigenvalue weighted by Gasteiger charge is -1.96. The van der Waals surface area contributed by atoms with Crippen LogP contribution in [0.2, 0.25) is 0 Å². The summed E-state index contributed by atoms with van der Waals surface area (Å²) in [6.07, 6.45) is 0.0462. The van der Waals surface area contributed by atoms with Crippen LogP contribution in [0.5, 0.6) is 0 Å². The number of aliphatic carboxylic acids is 1. The third-order valence-corrected chi connectivity index (χ3v) is 1.64. The number of carboxylic acid groups (broad SMARTS) is 1. The van der Waals surface area contributed by atoms with Gasteiger partial charge in [-0.3, -0.25) is 4.79 Å². The summed E-state index contributed by atoms with van der Waals surface area (Å²) in [4.78, 5) is 10.4. The first kappa shape index (κ1) is 10.3. The van der Waals surface area contributed by atoms with E-state index in [1.54, 1.807) is 24.3 Å². The first-order valence-corrected chi connectivity index (χ1v) is 4.22. The molecule has 0 unspecified atom stereocenters. The monoisotopic (exact) mass is 189 g/mol. The first-order valence-electron chi connectivity index (χ1n) is 4.22. The van der Waals surface area contributed by atoms with Gasteiger partial charge in [-0.2, -0.15) is 0 Å². The van der Waals surface area contributed by atoms with Crippen molar-refractivity contribution < 1.29 is 9.90 Å². The van der Waals surface area contributed by atoms with Gasteiger partial charge in [-0.05, 0) is 17.7 Å². The van der Waals surface area contributed by atoms with Crippen molar-refractivity contribution in [2.45, 2.75) is 6.42 Å². The summed E-state index contributed by atoms with van der Waals surface area (Å²) in [6, 6.07) is 7.10. The number of hydrogen-bond acceptors (Lipinski definition) is 2. The van der Waals surface area contributed by atoms with Crippen molar-refractivity contribution in [2.24, 2.45) is 5.73 Å². The second-order valence-corrected chi connectivity index (χ2v) is 2.77. The summed E-state index contributed by atoms with van der Waals surface area (Å²) >= 11 is 0. The fraction of sp³-hybridized carbons (Fsp3) is 0.182. The van der Waals surface area contributed by atoms with Crippen LogP contribution in [0, 0.1) is 11.8 Å². The molecular formula is C11H11NO2. The maximum Gasteiger partial charge on any atom is 0.307 e. The van der Waals surface area contributed by atoms with Crippen molar-refractivity contribution in [1.82, 2.24) is 0 Å². The van der Waals surface area contributed by atoms with Crippen LogP contribution in [0.15, 0.2) is 24.3 Å². The Morgan fingerprint density at radius 2 is 2.00 bits per heavy atom. The average molecular weight is 189 g/mol. The van der Waals surface area contributed by atoms with Gasteiger partial charge in [-0.15, -0.1) is 0 Å². The molecule has 0 saturated carbocycles. The zero-order chi connectivity index (χ0) is 10.4. The lowest BCUT2D eigenvalue weighted by molar-refractivity contribution is -0.136. The second kappa shape index (κ2) is 5.05. The van der Waals surface area contributed by atoms with Gasteiger partial charge in [0.25, 0.3) is 0 Å². The molecule has 72 valence electrons. The Kier molecular flexibility index (Phi) is 3.71. The standard InChI is InChI=1S/C11H11NO2/c12-7-1-2-9-3-5-10(6-4-9)8-11(13)14/h3-6H,7-8,12H2,(H,13,14). The van der Waals surface area contributed by atoms with E-state index in [2.05, 4.69) is 11.8 Å². The smallest absolute Gasteiger partial charge is 0.307 e. The molecule has 0 saturated heterocycles. The molecule has 0 aromatic heterocycles. The number of carbonyl (C=O) groups is 1. The van der Waals surface area contributed by atoms with E-state index in [0.717, 1.165) is 11.1 Å². The minimum Gasteiger partial charge on any atom is -0.481 e. The van der Waals surface area contributed by atoms with Crippen LogP contribution in [0.1, 0.15) is 11.1 Å². The summed E-state index contributed by atoms with van der Waals surface area (Å²) in [5, 5.41) is 8.53. The molecule has 1 aromatic carbocycles. The Bertz CT molecular complexity index is 371. The number of nitrogens with two attached hydrogens (primary N) is 1. The molecule has 0 spiro atoms. The van der Waals surface area contributed by atoms with E-state index < -0.39 is 5.97 Å². The van der Waals surface area contributed by atoms with Gasteiger partial charge < -0.3 is 10.8 Å². The molecule has 0 amide bonds. The topological polar surface area (TPSA) is 63.3 Å². The SMILES string of the molecule is NCC#Cc1ccc(CC(=O)O)cc1. The molecule has 0 aliphatic heterocycles. The molecule has 0 aliphatic rings. The maximum atomic E-state index is 10.4. The molecule has 0 heterocycles. The van der Waals surface area contributed by atoms with Gasteiger partial charge in [0.05, 0.1) is 13.0 Å². The van der Waals surface area contributed by atoms with Gasteiger partial charge in [0.1, 0.15) is 0 Å². The number of hydrogen-bond donors (Lipinski definition) is 2. The summed E-state index contributed by atoms with van der Waals surface area (Å²) in [6.45, 7) is 0.330. The Labute approximate surface area is 82.6 Å². The van der Waals surface area contributed by atoms with Crippen LogP contribution in [0.4, 0.5) is 0 Å². The Morgan fingerprint density at radius 1 is 1.36 bits per heavy atom. The van der Waals surface area contributed by atoms with E-state index in [9.17, 15) is 4.79 Å². The van der Waals surface area contributed by atoms with Crippen LogP contribution in [-0.4, -0.2) is 17.6 Å². The third-order valence-electron chi connectivity index (χ3n) is 1.64. The summed E-state index contributed by atoms with van der Waals surface area (Å²) < 4.78 is 0. The molecule has 0 aliphatic carbocycles. The van der Waals surface area contributed by atoms with Crippen LogP contribution in [0.3, 0.4) is 0 Å². The van der Waals surface area contributed by atoms with Crippen LogP contribution in [0.25, 0.3) is 0 Å². The minimum atomic E-state index is -0.828. The molecule has 3 heteroatoms. The lowest BCUT2D eigenvalue weighted by atomic mass is 10.1. The van der Waals surface area contributed by atoms with Gasteiger partial charge >= 0.3 is 5.97 Å². The predicted octanol–water partition coefficient (Wildman–Crippen LogP) is 0.624. The fourth-order valence-electron chi connectivity index (χ4n) is 1.03. The molecule has 1 aromatic rings. The van der Waals surface area contributed by atoms with Gasteiger partial charge in [0, 0.05) is 5.56 Å². The summed E-state index contributed by atoms with van der Waals surface area (Å²) in [5.41, 5.74) is 6.85. The van der Waals surface area contributed by atoms with Crippen LogP contribution >= 0.6 is 0 Å². The molecular weight excluding hydrogens is 178 g/mol. The molecule has 0 bridgehead atoms. The highest BCUT2D eigenvalue weighted by molar-refractivity contribution is 5.70. The predicted molar refractivity (Wildman–Crippen MR) is 53.7 cm³/mol. The molecule has 0 radical (unpaired) electrons. The largest absolute Gasteiger partial charge is 0.481 e. The normalized spacial score (nSPS) is 8.93. The first-order chi connectivity index (χ1) is 6.72. The minimum absolute atomic E-state index is 0.0462. The zero-order valence-corrected chi connectivity index (χ0v) is 7.66. The van der Waals surface area contributed by atoms with Gasteiger partial charge in [0.2, 0.25) is 0 Å². The highest BCUT2D eigenvalue weighted by Crippen LogP contribution is 2.03. The molecule has 0 fully saturated rings. The molecule has 0 atom stereocenters. The highest BCUT2D eigenvalue weighted by Gasteiger charge is 1.98. The van der Waals surface area contributed by atoms with Gasteiger partial charge in [-0.25, -0.2) is 0 Å². The van der Waals surface area contributed by atoms with E-state index >= 15 is 0 Å². The molecule has 3 N–H and O–H groups in total. The maximum absolute atomic E-state index is 10.4. The molecule has 1 rings (SSSR count). The van der Waals surface area contributed by atoms with Crippen molar-refractivity contribution in [1.29, 1.82) is 0 Å². The lowest BCUT2D eigenvalue weighted by Crippen LogP contribution is -1.99. The van der Waals surface area contributed by atoms with E-state index in [-0.39, 0.29) is 6.42 Å². The summed E-state index contributed by atoms with van der Waals surface area (Å²) in [7, 11) is 0. The van der Waals surface area contributed by atoms with E-state index in [1.807, 2.05) is 0 Å². The van der Waals surface area contributed by atoms with Crippen molar-refractivity contribution >= 4 is 5.97 Å². The fourth-order valence-corrected chi connectivity index (χ4v) is 1.03. The third kappa shape index (κ3) is 3.30. The van der Waals surface area contributed by atoms with Gasteiger partial charge in [-0.1, -0.05) is 24.0 Å². The number of carboxylic acids is 1. The average Bonchev–Trinajstić information content (AvgIpc) is 2.16. The number of benzene rings is 1. The van der Waals surface area contributed by atoms with E-state index in [1.165, 1.54) is 0 Å². The summed E-state index contributed by atoms with van der Waals surface area (Å²) in [5.74, 6) is 4.76. The number of rotatable bonds is 2. The van der Waals surface area contributed by atoms with Crippen molar-refractivity contribution in [3.8, 4) is 11.8 Å². The molecule has 14 heavy (non-hydrogen) atoms. The van der Waals surface area contributed by atoms with E-state index in [0.29, 0.717) is 6.54 Å². The quantitative estimate of drug-likeness (QED) is 0.670. The van der Waals surface area contributed by atoms with Crippen molar-refractivity contribution in [3.05, 3.63) is 35.4 Å². The zero-order valence-electron chi connectivity index (χ0n) is 7.66.